The Morgan fingerprint density at radius 3 is 2.85 bits per heavy atom. The highest BCUT2D eigenvalue weighted by Crippen LogP contribution is 2.19. The third kappa shape index (κ3) is 2.42. The molecule has 0 radical (unpaired) electrons. The molecular weight excluding hydrogens is 164 g/mol. The number of ether oxygens (including phenoxy) is 1. The highest BCUT2D eigenvalue weighted by atomic mass is 16.5. The van der Waals surface area contributed by atoms with E-state index in [1.54, 1.807) is 13.3 Å². The van der Waals surface area contributed by atoms with Gasteiger partial charge in [-0.05, 0) is 25.1 Å². The van der Waals surface area contributed by atoms with Crippen LogP contribution in [0.15, 0.2) is 18.5 Å². The van der Waals surface area contributed by atoms with Crippen molar-refractivity contribution in [3.63, 3.8) is 0 Å². The number of aromatic nitrogens is 1. The molecule has 1 aromatic rings. The van der Waals surface area contributed by atoms with Gasteiger partial charge in [0.2, 0.25) is 0 Å². The first-order valence-electron chi connectivity index (χ1n) is 4.48. The van der Waals surface area contributed by atoms with Gasteiger partial charge in [0, 0.05) is 12.2 Å². The van der Waals surface area contributed by atoms with Crippen molar-refractivity contribution in [3.8, 4) is 5.75 Å². The molecule has 1 unspecified atom stereocenters. The molecule has 1 heterocycles. The second-order valence-electron chi connectivity index (χ2n) is 2.91. The van der Waals surface area contributed by atoms with E-state index in [2.05, 4.69) is 17.2 Å². The van der Waals surface area contributed by atoms with Gasteiger partial charge in [-0.1, -0.05) is 6.92 Å². The van der Waals surface area contributed by atoms with Crippen LogP contribution in [0.5, 0.6) is 5.75 Å². The van der Waals surface area contributed by atoms with Crippen LogP contribution in [0.4, 0.5) is 0 Å². The van der Waals surface area contributed by atoms with Gasteiger partial charge in [-0.2, -0.15) is 0 Å². The predicted octanol–water partition coefficient (Wildman–Crippen LogP) is 1.76. The number of nitrogens with one attached hydrogen (secondary N) is 1. The van der Waals surface area contributed by atoms with E-state index in [0.29, 0.717) is 6.04 Å². The second kappa shape index (κ2) is 4.82. The van der Waals surface area contributed by atoms with E-state index in [9.17, 15) is 0 Å². The minimum atomic E-state index is 0.364. The Kier molecular flexibility index (Phi) is 3.71. The van der Waals surface area contributed by atoms with E-state index in [-0.39, 0.29) is 0 Å². The Hall–Kier alpha value is -1.09. The van der Waals surface area contributed by atoms with Crippen molar-refractivity contribution in [3.05, 3.63) is 24.0 Å². The van der Waals surface area contributed by atoms with E-state index >= 15 is 0 Å². The van der Waals surface area contributed by atoms with Gasteiger partial charge in [-0.25, -0.2) is 0 Å². The van der Waals surface area contributed by atoms with Gasteiger partial charge in [0.05, 0.1) is 13.3 Å². The standard InChI is InChI=1S/C10H16N2O/c1-4-10(11-2)8-5-9(13-3)7-12-6-8/h5-7,10-11H,4H2,1-3H3. The summed E-state index contributed by atoms with van der Waals surface area (Å²) in [5.74, 6) is 0.811. The lowest BCUT2D eigenvalue weighted by Gasteiger charge is -2.14. The molecule has 3 nitrogen and oxygen atoms in total. The molecule has 0 amide bonds. The first-order chi connectivity index (χ1) is 6.31. The molecular formula is C10H16N2O. The van der Waals surface area contributed by atoms with Crippen molar-refractivity contribution in [2.24, 2.45) is 0 Å². The lowest BCUT2D eigenvalue weighted by molar-refractivity contribution is 0.411. The number of hydrogen-bond donors (Lipinski definition) is 1. The highest BCUT2D eigenvalue weighted by molar-refractivity contribution is 5.25. The molecule has 3 heteroatoms. The molecule has 1 atom stereocenters. The first-order valence-corrected chi connectivity index (χ1v) is 4.48. The number of pyridine rings is 1. The van der Waals surface area contributed by atoms with Crippen LogP contribution in [0.2, 0.25) is 0 Å². The summed E-state index contributed by atoms with van der Waals surface area (Å²) < 4.78 is 5.10. The van der Waals surface area contributed by atoms with Crippen LogP contribution < -0.4 is 10.1 Å². The molecule has 0 spiro atoms. The zero-order chi connectivity index (χ0) is 9.68. The molecule has 1 aromatic heterocycles. The Bertz CT molecular complexity index is 259. The van der Waals surface area contributed by atoms with Crippen LogP contribution in [-0.2, 0) is 0 Å². The summed E-state index contributed by atoms with van der Waals surface area (Å²) in [6, 6.07) is 2.38. The third-order valence-electron chi connectivity index (χ3n) is 2.13. The van der Waals surface area contributed by atoms with Gasteiger partial charge < -0.3 is 10.1 Å². The number of methoxy groups -OCH3 is 1. The largest absolute Gasteiger partial charge is 0.495 e. The van der Waals surface area contributed by atoms with Crippen LogP contribution in [-0.4, -0.2) is 19.1 Å². The van der Waals surface area contributed by atoms with Crippen molar-refractivity contribution < 1.29 is 4.74 Å². The summed E-state index contributed by atoms with van der Waals surface area (Å²) in [7, 11) is 3.61. The maximum Gasteiger partial charge on any atom is 0.137 e. The summed E-state index contributed by atoms with van der Waals surface area (Å²) in [6.45, 7) is 2.14. The van der Waals surface area contributed by atoms with Crippen molar-refractivity contribution in [1.29, 1.82) is 0 Å². The van der Waals surface area contributed by atoms with Gasteiger partial charge in [0.25, 0.3) is 0 Å². The average molecular weight is 180 g/mol. The molecule has 13 heavy (non-hydrogen) atoms. The van der Waals surface area contributed by atoms with E-state index in [0.717, 1.165) is 12.2 Å². The van der Waals surface area contributed by atoms with Gasteiger partial charge in [-0.3, -0.25) is 4.98 Å². The van der Waals surface area contributed by atoms with Crippen LogP contribution in [0.25, 0.3) is 0 Å². The fourth-order valence-corrected chi connectivity index (χ4v) is 1.34. The van der Waals surface area contributed by atoms with Crippen LogP contribution in [0.1, 0.15) is 24.9 Å². The van der Waals surface area contributed by atoms with E-state index < -0.39 is 0 Å². The summed E-state index contributed by atoms with van der Waals surface area (Å²) in [6.07, 6.45) is 4.63. The SMILES string of the molecule is CCC(NC)c1cncc(OC)c1. The van der Waals surface area contributed by atoms with E-state index in [4.69, 9.17) is 4.74 Å². The third-order valence-corrected chi connectivity index (χ3v) is 2.13. The van der Waals surface area contributed by atoms with Gasteiger partial charge in [0.15, 0.2) is 0 Å². The predicted molar refractivity (Wildman–Crippen MR) is 52.9 cm³/mol. The minimum absolute atomic E-state index is 0.364. The van der Waals surface area contributed by atoms with E-state index in [1.165, 1.54) is 5.56 Å². The number of rotatable bonds is 4. The van der Waals surface area contributed by atoms with Crippen LogP contribution in [0, 0.1) is 0 Å². The topological polar surface area (TPSA) is 34.2 Å². The molecule has 1 rings (SSSR count). The van der Waals surface area contributed by atoms with Gasteiger partial charge >= 0.3 is 0 Å². The Labute approximate surface area is 79.1 Å². The molecule has 72 valence electrons. The molecule has 0 fully saturated rings. The Balaban J connectivity index is 2.86. The van der Waals surface area contributed by atoms with Crippen LogP contribution >= 0.6 is 0 Å². The average Bonchev–Trinajstić information content (AvgIpc) is 2.20. The summed E-state index contributed by atoms with van der Waals surface area (Å²) in [5, 5.41) is 3.22. The molecule has 0 aliphatic heterocycles. The second-order valence-corrected chi connectivity index (χ2v) is 2.91. The minimum Gasteiger partial charge on any atom is -0.495 e. The van der Waals surface area contributed by atoms with Gasteiger partial charge in [0.1, 0.15) is 5.75 Å². The van der Waals surface area contributed by atoms with Gasteiger partial charge in [-0.15, -0.1) is 0 Å². The van der Waals surface area contributed by atoms with Crippen molar-refractivity contribution in [2.45, 2.75) is 19.4 Å². The monoisotopic (exact) mass is 180 g/mol. The summed E-state index contributed by atoms with van der Waals surface area (Å²) >= 11 is 0. The Morgan fingerprint density at radius 1 is 1.54 bits per heavy atom. The molecule has 0 aliphatic carbocycles. The summed E-state index contributed by atoms with van der Waals surface area (Å²) in [4.78, 5) is 4.11. The zero-order valence-corrected chi connectivity index (χ0v) is 8.37. The van der Waals surface area contributed by atoms with Crippen LogP contribution in [0.3, 0.4) is 0 Å². The van der Waals surface area contributed by atoms with E-state index in [1.807, 2.05) is 19.3 Å². The molecule has 0 bridgehead atoms. The fraction of sp³-hybridized carbons (Fsp3) is 0.500. The molecule has 0 aromatic carbocycles. The van der Waals surface area contributed by atoms with Crippen molar-refractivity contribution >= 4 is 0 Å². The molecule has 0 saturated carbocycles. The molecule has 0 aliphatic rings. The Morgan fingerprint density at radius 2 is 2.31 bits per heavy atom. The zero-order valence-electron chi connectivity index (χ0n) is 8.37. The lowest BCUT2D eigenvalue weighted by Crippen LogP contribution is -2.15. The smallest absolute Gasteiger partial charge is 0.137 e. The summed E-state index contributed by atoms with van der Waals surface area (Å²) in [5.41, 5.74) is 1.17. The number of nitrogens with zero attached hydrogens (tertiary/aromatic N) is 1. The van der Waals surface area contributed by atoms with Crippen molar-refractivity contribution in [1.82, 2.24) is 10.3 Å². The molecule has 1 N–H and O–H groups in total. The normalized spacial score (nSPS) is 12.5. The highest BCUT2D eigenvalue weighted by Gasteiger charge is 2.06. The quantitative estimate of drug-likeness (QED) is 0.766. The maximum atomic E-state index is 5.10. The lowest BCUT2D eigenvalue weighted by atomic mass is 10.1. The fourth-order valence-electron chi connectivity index (χ4n) is 1.34. The van der Waals surface area contributed by atoms with Crippen molar-refractivity contribution in [2.75, 3.05) is 14.2 Å². The number of hydrogen-bond acceptors (Lipinski definition) is 3. The molecule has 0 saturated heterocycles. The maximum absolute atomic E-state index is 5.10. The first kappa shape index (κ1) is 9.99.